The number of halogens is 3. The summed E-state index contributed by atoms with van der Waals surface area (Å²) in [5.41, 5.74) is 0.0518. The first-order valence-corrected chi connectivity index (χ1v) is 8.17. The van der Waals surface area contributed by atoms with Gasteiger partial charge in [0.15, 0.2) is 0 Å². The summed E-state index contributed by atoms with van der Waals surface area (Å²) in [7, 11) is 0. The van der Waals surface area contributed by atoms with Crippen LogP contribution in [0.2, 0.25) is 0 Å². The number of H-pyrrole nitrogens is 1. The minimum Gasteiger partial charge on any atom is -0.353 e. The fourth-order valence-corrected chi connectivity index (χ4v) is 3.36. The molecule has 0 bridgehead atoms. The van der Waals surface area contributed by atoms with E-state index in [1.54, 1.807) is 24.3 Å². The van der Waals surface area contributed by atoms with Crippen molar-refractivity contribution in [3.8, 4) is 0 Å². The SMILES string of the molecule is O=C(Cc1n[nH]c(=O)c2ccccc12)N[C@@H]1CCC[C@H](C(F)(F)F)C1. The predicted molar refractivity (Wildman–Crippen MR) is 86.0 cm³/mol. The maximum atomic E-state index is 12.9. The van der Waals surface area contributed by atoms with Crippen LogP contribution in [-0.4, -0.2) is 28.3 Å². The van der Waals surface area contributed by atoms with Crippen LogP contribution >= 0.6 is 0 Å². The van der Waals surface area contributed by atoms with Crippen LogP contribution in [0.3, 0.4) is 0 Å². The van der Waals surface area contributed by atoms with Gasteiger partial charge in [-0.1, -0.05) is 24.6 Å². The van der Waals surface area contributed by atoms with Crippen molar-refractivity contribution in [3.63, 3.8) is 0 Å². The second-order valence-electron chi connectivity index (χ2n) is 6.39. The summed E-state index contributed by atoms with van der Waals surface area (Å²) in [6, 6.07) is 6.29. The lowest BCUT2D eigenvalue weighted by Crippen LogP contribution is -2.42. The quantitative estimate of drug-likeness (QED) is 0.891. The smallest absolute Gasteiger partial charge is 0.353 e. The standard InChI is InChI=1S/C17H18F3N3O2/c18-17(19,20)10-4-3-5-11(8-10)21-15(24)9-14-12-6-1-2-7-13(12)16(25)23-22-14/h1-2,6-7,10-11H,3-5,8-9H2,(H,21,24)(H,23,25)/t10-,11+/m0/s1. The zero-order valence-electron chi connectivity index (χ0n) is 13.4. The van der Waals surface area contributed by atoms with Gasteiger partial charge in [-0.15, -0.1) is 0 Å². The van der Waals surface area contributed by atoms with E-state index in [0.29, 0.717) is 29.3 Å². The predicted octanol–water partition coefficient (Wildman–Crippen LogP) is 2.70. The Balaban J connectivity index is 1.69. The molecule has 1 fully saturated rings. The number of rotatable bonds is 3. The van der Waals surface area contributed by atoms with E-state index in [9.17, 15) is 22.8 Å². The van der Waals surface area contributed by atoms with E-state index in [2.05, 4.69) is 15.5 Å². The highest BCUT2D eigenvalue weighted by molar-refractivity contribution is 5.88. The van der Waals surface area contributed by atoms with E-state index in [1.807, 2.05) is 0 Å². The second-order valence-corrected chi connectivity index (χ2v) is 6.39. The first-order valence-electron chi connectivity index (χ1n) is 8.17. The Morgan fingerprint density at radius 3 is 2.68 bits per heavy atom. The lowest BCUT2D eigenvalue weighted by molar-refractivity contribution is -0.184. The average molecular weight is 353 g/mol. The normalized spacial score (nSPS) is 21.2. The maximum absolute atomic E-state index is 12.9. The lowest BCUT2D eigenvalue weighted by Gasteiger charge is -2.31. The highest BCUT2D eigenvalue weighted by Crippen LogP contribution is 2.37. The van der Waals surface area contributed by atoms with Crippen molar-refractivity contribution in [3.05, 3.63) is 40.3 Å². The molecule has 1 aromatic carbocycles. The molecule has 1 aromatic heterocycles. The number of carbonyl (C=O) groups is 1. The number of nitrogens with zero attached hydrogens (tertiary/aromatic N) is 1. The minimum atomic E-state index is -4.22. The largest absolute Gasteiger partial charge is 0.391 e. The van der Waals surface area contributed by atoms with Gasteiger partial charge in [0.2, 0.25) is 5.91 Å². The summed E-state index contributed by atoms with van der Waals surface area (Å²) < 4.78 is 38.6. The highest BCUT2D eigenvalue weighted by atomic mass is 19.4. The lowest BCUT2D eigenvalue weighted by atomic mass is 9.85. The number of benzene rings is 1. The fraction of sp³-hybridized carbons (Fsp3) is 0.471. The molecule has 2 N–H and O–H groups in total. The van der Waals surface area contributed by atoms with Crippen molar-refractivity contribution in [2.45, 2.75) is 44.3 Å². The van der Waals surface area contributed by atoms with Crippen molar-refractivity contribution < 1.29 is 18.0 Å². The van der Waals surface area contributed by atoms with Gasteiger partial charge < -0.3 is 5.32 Å². The third-order valence-electron chi connectivity index (χ3n) is 4.61. The second kappa shape index (κ2) is 6.85. The number of amides is 1. The molecule has 5 nitrogen and oxygen atoms in total. The summed E-state index contributed by atoms with van der Waals surface area (Å²) in [4.78, 5) is 24.0. The van der Waals surface area contributed by atoms with E-state index in [1.165, 1.54) is 0 Å². The molecule has 2 aromatic rings. The Hall–Kier alpha value is -2.38. The fourth-order valence-electron chi connectivity index (χ4n) is 3.36. The van der Waals surface area contributed by atoms with Gasteiger partial charge in [-0.2, -0.15) is 18.3 Å². The summed E-state index contributed by atoms with van der Waals surface area (Å²) >= 11 is 0. The Morgan fingerprint density at radius 1 is 1.24 bits per heavy atom. The maximum Gasteiger partial charge on any atom is 0.391 e. The summed E-state index contributed by atoms with van der Waals surface area (Å²) in [5, 5.41) is 9.93. The third kappa shape index (κ3) is 4.00. The molecule has 1 amide bonds. The van der Waals surface area contributed by atoms with Crippen LogP contribution in [0.5, 0.6) is 0 Å². The first-order chi connectivity index (χ1) is 11.8. The van der Waals surface area contributed by atoms with Crippen molar-refractivity contribution in [1.82, 2.24) is 15.5 Å². The van der Waals surface area contributed by atoms with Crippen LogP contribution in [0.4, 0.5) is 13.2 Å². The van der Waals surface area contributed by atoms with E-state index in [-0.39, 0.29) is 24.8 Å². The first kappa shape index (κ1) is 17.4. The van der Waals surface area contributed by atoms with Crippen LogP contribution < -0.4 is 10.9 Å². The number of hydrogen-bond donors (Lipinski definition) is 2. The molecule has 2 atom stereocenters. The Labute approximate surface area is 141 Å². The van der Waals surface area contributed by atoms with Gasteiger partial charge in [-0.05, 0) is 25.3 Å². The molecule has 1 heterocycles. The molecule has 8 heteroatoms. The Kier molecular flexibility index (Phi) is 4.78. The van der Waals surface area contributed by atoms with Crippen LogP contribution in [0.25, 0.3) is 10.8 Å². The van der Waals surface area contributed by atoms with Gasteiger partial charge in [0.05, 0.1) is 23.4 Å². The molecular formula is C17H18F3N3O2. The number of nitrogens with one attached hydrogen (secondary N) is 2. The van der Waals surface area contributed by atoms with Crippen molar-refractivity contribution >= 4 is 16.7 Å². The van der Waals surface area contributed by atoms with Gasteiger partial charge >= 0.3 is 6.18 Å². The monoisotopic (exact) mass is 353 g/mol. The topological polar surface area (TPSA) is 74.8 Å². The summed E-state index contributed by atoms with van der Waals surface area (Å²) in [6.07, 6.45) is -3.31. The zero-order valence-corrected chi connectivity index (χ0v) is 13.4. The van der Waals surface area contributed by atoms with E-state index in [0.717, 1.165) is 0 Å². The molecular weight excluding hydrogens is 335 g/mol. The van der Waals surface area contributed by atoms with E-state index in [4.69, 9.17) is 0 Å². The molecule has 25 heavy (non-hydrogen) atoms. The number of aromatic nitrogens is 2. The molecule has 0 aliphatic heterocycles. The molecule has 3 rings (SSSR count). The van der Waals surface area contributed by atoms with Crippen LogP contribution in [0.1, 0.15) is 31.4 Å². The van der Waals surface area contributed by atoms with E-state index < -0.39 is 24.0 Å². The van der Waals surface area contributed by atoms with Gasteiger partial charge in [0.25, 0.3) is 5.56 Å². The minimum absolute atomic E-state index is 0.0883. The van der Waals surface area contributed by atoms with Crippen molar-refractivity contribution in [2.75, 3.05) is 0 Å². The highest BCUT2D eigenvalue weighted by Gasteiger charge is 2.42. The number of fused-ring (bicyclic) bond motifs is 1. The molecule has 0 spiro atoms. The van der Waals surface area contributed by atoms with Gasteiger partial charge in [0.1, 0.15) is 0 Å². The molecule has 0 radical (unpaired) electrons. The number of hydrogen-bond acceptors (Lipinski definition) is 3. The van der Waals surface area contributed by atoms with Crippen LogP contribution in [0.15, 0.2) is 29.1 Å². The molecule has 1 aliphatic rings. The third-order valence-corrected chi connectivity index (χ3v) is 4.61. The van der Waals surface area contributed by atoms with Crippen LogP contribution in [-0.2, 0) is 11.2 Å². The zero-order chi connectivity index (χ0) is 18.0. The van der Waals surface area contributed by atoms with Gasteiger partial charge in [-0.25, -0.2) is 5.10 Å². The molecule has 1 saturated carbocycles. The van der Waals surface area contributed by atoms with Crippen molar-refractivity contribution in [2.24, 2.45) is 5.92 Å². The van der Waals surface area contributed by atoms with Gasteiger partial charge in [0, 0.05) is 11.4 Å². The number of aromatic amines is 1. The molecule has 0 saturated heterocycles. The molecule has 134 valence electrons. The van der Waals surface area contributed by atoms with Crippen LogP contribution in [0, 0.1) is 5.92 Å². The summed E-state index contributed by atoms with van der Waals surface area (Å²) in [6.45, 7) is 0. The Bertz CT molecular complexity index is 832. The summed E-state index contributed by atoms with van der Waals surface area (Å²) in [5.74, 6) is -1.75. The average Bonchev–Trinajstić information content (AvgIpc) is 2.57. The number of carbonyl (C=O) groups excluding carboxylic acids is 1. The molecule has 1 aliphatic carbocycles. The van der Waals surface area contributed by atoms with Gasteiger partial charge in [-0.3, -0.25) is 9.59 Å². The van der Waals surface area contributed by atoms with Crippen molar-refractivity contribution in [1.29, 1.82) is 0 Å². The number of alkyl halides is 3. The van der Waals surface area contributed by atoms with E-state index >= 15 is 0 Å². The molecule has 0 unspecified atom stereocenters. The Morgan fingerprint density at radius 2 is 1.96 bits per heavy atom.